The van der Waals surface area contributed by atoms with Gasteiger partial charge in [0, 0.05) is 6.42 Å². The van der Waals surface area contributed by atoms with Gasteiger partial charge >= 0.3 is 18.5 Å². The van der Waals surface area contributed by atoms with Crippen LogP contribution >= 0.6 is 0 Å². The van der Waals surface area contributed by atoms with Crippen molar-refractivity contribution in [3.8, 4) is 11.5 Å². The number of carboxylic acids is 1. The number of benzene rings is 2. The number of carbonyl (C=O) groups excluding carboxylic acids is 1. The zero-order valence-corrected chi connectivity index (χ0v) is 16.2. The van der Waals surface area contributed by atoms with Crippen LogP contribution in [0.15, 0.2) is 48.5 Å². The van der Waals surface area contributed by atoms with E-state index in [-0.39, 0.29) is 19.1 Å². The molecule has 8 heteroatoms. The minimum Gasteiger partial charge on any atom is -0.479 e. The van der Waals surface area contributed by atoms with Gasteiger partial charge in [-0.1, -0.05) is 36.4 Å². The Morgan fingerprint density at radius 3 is 2.21 bits per heavy atom. The van der Waals surface area contributed by atoms with Crippen LogP contribution in [0.1, 0.15) is 25.0 Å². The van der Waals surface area contributed by atoms with Crippen LogP contribution in [0.3, 0.4) is 0 Å². The first-order chi connectivity index (χ1) is 13.9. The summed E-state index contributed by atoms with van der Waals surface area (Å²) < 4.78 is 21.6. The van der Waals surface area contributed by atoms with E-state index in [1.165, 1.54) is 0 Å². The predicted molar refractivity (Wildman–Crippen MR) is 103 cm³/mol. The number of ether oxygens (including phenoxy) is 4. The van der Waals surface area contributed by atoms with Gasteiger partial charge in [0.25, 0.3) is 0 Å². The second-order valence-corrected chi connectivity index (χ2v) is 6.72. The van der Waals surface area contributed by atoms with Crippen LogP contribution in [-0.2, 0) is 27.3 Å². The number of alkyl carbamates (subject to hydrolysis) is 1. The first-order valence-electron chi connectivity index (χ1n) is 9.23. The largest absolute Gasteiger partial charge is 0.479 e. The summed E-state index contributed by atoms with van der Waals surface area (Å²) in [6.07, 6.45) is -2.72. The number of carbonyl (C=O) groups is 2. The summed E-state index contributed by atoms with van der Waals surface area (Å²) in [4.78, 5) is 23.6. The molecule has 3 rings (SSSR count). The quantitative estimate of drug-likeness (QED) is 0.701. The lowest BCUT2D eigenvalue weighted by molar-refractivity contribution is -0.153. The molecule has 0 bridgehead atoms. The molecule has 1 unspecified atom stereocenters. The van der Waals surface area contributed by atoms with Gasteiger partial charge in [-0.25, -0.2) is 9.59 Å². The van der Waals surface area contributed by atoms with E-state index >= 15 is 0 Å². The maximum Gasteiger partial charge on any atom is 0.413 e. The summed E-state index contributed by atoms with van der Waals surface area (Å²) in [6, 6.07) is 14.2. The van der Waals surface area contributed by atoms with Gasteiger partial charge in [0.15, 0.2) is 17.6 Å². The number of para-hydroxylation sites is 2. The van der Waals surface area contributed by atoms with E-state index in [2.05, 4.69) is 5.32 Å². The third-order valence-corrected chi connectivity index (χ3v) is 4.15. The Balaban J connectivity index is 1.55. The molecule has 29 heavy (non-hydrogen) atoms. The number of amides is 1. The number of hydrogen-bond acceptors (Lipinski definition) is 6. The molecule has 2 aromatic carbocycles. The van der Waals surface area contributed by atoms with Crippen molar-refractivity contribution in [1.29, 1.82) is 0 Å². The zero-order valence-electron chi connectivity index (χ0n) is 16.2. The van der Waals surface area contributed by atoms with Gasteiger partial charge in [-0.2, -0.15) is 0 Å². The molecule has 0 saturated heterocycles. The molecule has 1 heterocycles. The smallest absolute Gasteiger partial charge is 0.413 e. The van der Waals surface area contributed by atoms with Crippen LogP contribution in [0.4, 0.5) is 4.79 Å². The van der Waals surface area contributed by atoms with E-state index in [1.807, 2.05) is 0 Å². The highest BCUT2D eigenvalue weighted by molar-refractivity contribution is 5.73. The van der Waals surface area contributed by atoms with Crippen molar-refractivity contribution in [2.75, 3.05) is 0 Å². The number of hydrogen-bond donors (Lipinski definition) is 2. The van der Waals surface area contributed by atoms with Crippen LogP contribution < -0.4 is 14.8 Å². The lowest BCUT2D eigenvalue weighted by Gasteiger charge is -2.18. The number of rotatable bonds is 8. The summed E-state index contributed by atoms with van der Waals surface area (Å²) in [7, 11) is 0. The normalized spacial score (nSPS) is 13.9. The Bertz CT molecular complexity index is 843. The molecule has 1 aliphatic heterocycles. The highest BCUT2D eigenvalue weighted by atomic mass is 16.7. The van der Waals surface area contributed by atoms with Crippen molar-refractivity contribution >= 4 is 12.1 Å². The summed E-state index contributed by atoms with van der Waals surface area (Å²) >= 11 is 0. The average molecular weight is 401 g/mol. The molecule has 0 aromatic heterocycles. The fourth-order valence-corrected chi connectivity index (χ4v) is 2.86. The molecular formula is C21H23NO7. The molecule has 2 N–H and O–H groups in total. The summed E-state index contributed by atoms with van der Waals surface area (Å²) in [5.41, 5.74) is 1.42. The first-order valence-corrected chi connectivity index (χ1v) is 9.23. The van der Waals surface area contributed by atoms with E-state index in [0.717, 1.165) is 5.56 Å². The zero-order chi connectivity index (χ0) is 20.8. The standard InChI is InChI=1S/C21H23NO7/c1-13(2)27-18(19(23)24)11-14-7-3-4-8-15(14)12-26-20(25)22-21-28-16-9-5-6-10-17(16)29-21/h3-10,13,18,21H,11-12H2,1-2H3,(H,22,25)(H,23,24). The molecule has 1 aliphatic rings. The van der Waals surface area contributed by atoms with Crippen molar-refractivity contribution in [2.45, 2.75) is 45.5 Å². The van der Waals surface area contributed by atoms with Crippen LogP contribution in [0, 0.1) is 0 Å². The first kappa shape index (κ1) is 20.5. The lowest BCUT2D eigenvalue weighted by atomic mass is 10.0. The minimum atomic E-state index is -1.04. The van der Waals surface area contributed by atoms with Gasteiger partial charge in [0.05, 0.1) is 6.10 Å². The molecule has 0 aliphatic carbocycles. The maximum atomic E-state index is 12.1. The second-order valence-electron chi connectivity index (χ2n) is 6.72. The maximum absolute atomic E-state index is 12.1. The third-order valence-electron chi connectivity index (χ3n) is 4.15. The fourth-order valence-electron chi connectivity index (χ4n) is 2.86. The predicted octanol–water partition coefficient (Wildman–Crippen LogP) is 3.09. The van der Waals surface area contributed by atoms with Crippen molar-refractivity contribution < 1.29 is 33.6 Å². The molecule has 0 fully saturated rings. The van der Waals surface area contributed by atoms with Gasteiger partial charge < -0.3 is 24.1 Å². The van der Waals surface area contributed by atoms with E-state index < -0.39 is 24.6 Å². The second kappa shape index (κ2) is 9.29. The van der Waals surface area contributed by atoms with Gasteiger partial charge in [0.2, 0.25) is 0 Å². The molecule has 8 nitrogen and oxygen atoms in total. The Kier molecular flexibility index (Phi) is 6.56. The summed E-state index contributed by atoms with van der Waals surface area (Å²) in [5.74, 6) is 0.0308. The Labute approximate surface area is 168 Å². The molecule has 2 aromatic rings. The van der Waals surface area contributed by atoms with E-state index in [9.17, 15) is 14.7 Å². The Morgan fingerprint density at radius 2 is 1.62 bits per heavy atom. The van der Waals surface area contributed by atoms with E-state index in [0.29, 0.717) is 17.1 Å². The van der Waals surface area contributed by atoms with Gasteiger partial charge in [-0.3, -0.25) is 5.32 Å². The molecule has 0 saturated carbocycles. The molecule has 154 valence electrons. The molecular weight excluding hydrogens is 378 g/mol. The van der Waals surface area contributed by atoms with Crippen molar-refractivity contribution in [1.82, 2.24) is 5.32 Å². The number of aliphatic carboxylic acids is 1. The van der Waals surface area contributed by atoms with Crippen LogP contribution in [0.25, 0.3) is 0 Å². The molecule has 0 spiro atoms. The van der Waals surface area contributed by atoms with Gasteiger partial charge in [-0.05, 0) is 37.1 Å². The monoisotopic (exact) mass is 401 g/mol. The van der Waals surface area contributed by atoms with Crippen LogP contribution in [-0.4, -0.2) is 35.8 Å². The number of fused-ring (bicyclic) bond motifs is 1. The summed E-state index contributed by atoms with van der Waals surface area (Å²) in [6.45, 7) is 3.52. The SMILES string of the molecule is CC(C)OC(Cc1ccccc1COC(=O)NC1Oc2ccccc2O1)C(=O)O. The van der Waals surface area contributed by atoms with Gasteiger partial charge in [-0.15, -0.1) is 0 Å². The third kappa shape index (κ3) is 5.61. The van der Waals surface area contributed by atoms with Crippen molar-refractivity contribution in [3.05, 3.63) is 59.7 Å². The lowest BCUT2D eigenvalue weighted by Crippen LogP contribution is -2.40. The Hall–Kier alpha value is -3.26. The molecule has 1 atom stereocenters. The summed E-state index contributed by atoms with van der Waals surface area (Å²) in [5, 5.41) is 11.9. The van der Waals surface area contributed by atoms with E-state index in [4.69, 9.17) is 18.9 Å². The van der Waals surface area contributed by atoms with Crippen LogP contribution in [0.5, 0.6) is 11.5 Å². The van der Waals surface area contributed by atoms with Crippen LogP contribution in [0.2, 0.25) is 0 Å². The molecule has 1 amide bonds. The minimum absolute atomic E-state index is 0.0321. The topological polar surface area (TPSA) is 103 Å². The highest BCUT2D eigenvalue weighted by Crippen LogP contribution is 2.33. The fraction of sp³-hybridized carbons (Fsp3) is 0.333. The highest BCUT2D eigenvalue weighted by Gasteiger charge is 2.26. The molecule has 0 radical (unpaired) electrons. The Morgan fingerprint density at radius 1 is 1.03 bits per heavy atom. The van der Waals surface area contributed by atoms with E-state index in [1.54, 1.807) is 62.4 Å². The van der Waals surface area contributed by atoms with Crippen molar-refractivity contribution in [2.24, 2.45) is 0 Å². The average Bonchev–Trinajstić information content (AvgIpc) is 3.08. The van der Waals surface area contributed by atoms with Gasteiger partial charge in [0.1, 0.15) is 6.61 Å². The number of carboxylic acid groups (broad SMARTS) is 1. The number of nitrogens with one attached hydrogen (secondary N) is 1. The van der Waals surface area contributed by atoms with Crippen molar-refractivity contribution in [3.63, 3.8) is 0 Å².